The van der Waals surface area contributed by atoms with Crippen LogP contribution in [0.1, 0.15) is 30.5 Å². The first-order chi connectivity index (χ1) is 10.3. The summed E-state index contributed by atoms with van der Waals surface area (Å²) in [6, 6.07) is 7.19. The lowest BCUT2D eigenvalue weighted by atomic mass is 9.90. The highest BCUT2D eigenvalue weighted by molar-refractivity contribution is 7.07. The highest BCUT2D eigenvalue weighted by Crippen LogP contribution is 2.52. The van der Waals surface area contributed by atoms with Crippen LogP contribution < -0.4 is 0 Å². The van der Waals surface area contributed by atoms with Gasteiger partial charge >= 0.3 is 0 Å². The molecule has 1 heterocycles. The molecule has 3 nitrogen and oxygen atoms in total. The molecule has 21 heavy (non-hydrogen) atoms. The number of aromatic hydroxyl groups is 1. The van der Waals surface area contributed by atoms with Gasteiger partial charge in [-0.2, -0.15) is 0 Å². The molecule has 0 aliphatic heterocycles. The van der Waals surface area contributed by atoms with Crippen molar-refractivity contribution in [3.05, 3.63) is 46.4 Å². The van der Waals surface area contributed by atoms with Crippen LogP contribution in [-0.2, 0) is 4.79 Å². The van der Waals surface area contributed by atoms with Gasteiger partial charge < -0.3 is 5.11 Å². The molecular formula is C17H15NO2S. The topological polar surface area (TPSA) is 50.2 Å². The van der Waals surface area contributed by atoms with Gasteiger partial charge in [-0.15, -0.1) is 11.3 Å². The van der Waals surface area contributed by atoms with E-state index in [1.807, 2.05) is 17.5 Å². The van der Waals surface area contributed by atoms with Crippen molar-refractivity contribution < 1.29 is 9.90 Å². The van der Waals surface area contributed by atoms with E-state index in [0.717, 1.165) is 41.7 Å². The zero-order valence-electron chi connectivity index (χ0n) is 11.5. The van der Waals surface area contributed by atoms with E-state index >= 15 is 0 Å². The number of Topliss-reactive ketones (excluding diaryl/α,β-unsaturated/α-hetero) is 1. The maximum atomic E-state index is 12.8. The Morgan fingerprint density at radius 2 is 1.90 bits per heavy atom. The summed E-state index contributed by atoms with van der Waals surface area (Å²) in [6.45, 7) is 0. The second-order valence-electron chi connectivity index (χ2n) is 5.72. The molecule has 2 aliphatic carbocycles. The molecule has 2 aromatic rings. The molecule has 1 aromatic carbocycles. The van der Waals surface area contributed by atoms with Gasteiger partial charge in [-0.1, -0.05) is 18.6 Å². The fourth-order valence-corrected chi connectivity index (χ4v) is 4.27. The summed E-state index contributed by atoms with van der Waals surface area (Å²) in [5.74, 6) is 0.956. The fourth-order valence-electron chi connectivity index (χ4n) is 3.72. The van der Waals surface area contributed by atoms with Gasteiger partial charge in [-0.25, -0.2) is 4.98 Å². The number of phenolic OH excluding ortho intramolecular Hbond substituents is 1. The van der Waals surface area contributed by atoms with Gasteiger partial charge in [0.15, 0.2) is 5.78 Å². The van der Waals surface area contributed by atoms with Crippen LogP contribution >= 0.6 is 11.3 Å². The number of carbonyl (C=O) groups excluding carboxylic acids is 1. The number of hydrogen-bond donors (Lipinski definition) is 1. The maximum absolute atomic E-state index is 12.8. The van der Waals surface area contributed by atoms with Gasteiger partial charge in [-0.3, -0.25) is 4.79 Å². The van der Waals surface area contributed by atoms with Crippen molar-refractivity contribution in [2.75, 3.05) is 0 Å². The molecule has 1 N–H and O–H groups in total. The van der Waals surface area contributed by atoms with Crippen LogP contribution in [0, 0.1) is 11.8 Å². The lowest BCUT2D eigenvalue weighted by Crippen LogP contribution is -2.11. The standard InChI is InChI=1S/C17H15NO2S/c19-11-6-4-10(5-7-11)15-12-2-1-3-13(12)17(20)16(15)14-8-21-9-18-14/h4-9,12-13,19H,1-3H2. The molecule has 1 fully saturated rings. The van der Waals surface area contributed by atoms with Crippen molar-refractivity contribution in [3.8, 4) is 5.75 Å². The Kier molecular flexibility index (Phi) is 2.93. The average Bonchev–Trinajstić information content (AvgIpc) is 3.19. The minimum absolute atomic E-state index is 0.130. The van der Waals surface area contributed by atoms with Crippen LogP contribution in [0.15, 0.2) is 35.2 Å². The van der Waals surface area contributed by atoms with Crippen molar-refractivity contribution in [3.63, 3.8) is 0 Å². The molecule has 1 aromatic heterocycles. The molecule has 0 bridgehead atoms. The Morgan fingerprint density at radius 1 is 1.14 bits per heavy atom. The third-order valence-electron chi connectivity index (χ3n) is 4.61. The summed E-state index contributed by atoms with van der Waals surface area (Å²) in [7, 11) is 0. The van der Waals surface area contributed by atoms with Crippen LogP contribution in [0.3, 0.4) is 0 Å². The van der Waals surface area contributed by atoms with Gasteiger partial charge in [0.1, 0.15) is 5.75 Å². The molecule has 0 radical (unpaired) electrons. The minimum Gasteiger partial charge on any atom is -0.508 e. The number of allylic oxidation sites excluding steroid dienone is 2. The smallest absolute Gasteiger partial charge is 0.169 e. The SMILES string of the molecule is O=C1C(c2cscn2)=C(c2ccc(O)cc2)C2CCCC12. The third-order valence-corrected chi connectivity index (χ3v) is 5.19. The number of benzene rings is 1. The van der Waals surface area contributed by atoms with Gasteiger partial charge in [0.2, 0.25) is 0 Å². The molecule has 2 unspecified atom stereocenters. The molecule has 2 aliphatic rings. The number of nitrogens with zero attached hydrogens (tertiary/aromatic N) is 1. The highest BCUT2D eigenvalue weighted by atomic mass is 32.1. The summed E-state index contributed by atoms with van der Waals surface area (Å²) in [5.41, 5.74) is 5.56. The largest absolute Gasteiger partial charge is 0.508 e. The van der Waals surface area contributed by atoms with Gasteiger partial charge in [0.05, 0.1) is 11.2 Å². The first-order valence-electron chi connectivity index (χ1n) is 7.22. The molecular weight excluding hydrogens is 282 g/mol. The highest BCUT2D eigenvalue weighted by Gasteiger charge is 2.45. The number of ketones is 1. The number of rotatable bonds is 2. The fraction of sp³-hybridized carbons (Fsp3) is 0.294. The Hall–Kier alpha value is -1.94. The van der Waals surface area contributed by atoms with E-state index in [1.54, 1.807) is 17.6 Å². The van der Waals surface area contributed by atoms with Gasteiger partial charge in [0, 0.05) is 16.9 Å². The molecule has 2 atom stereocenters. The van der Waals surface area contributed by atoms with Gasteiger partial charge in [0.25, 0.3) is 0 Å². The number of carbonyl (C=O) groups is 1. The van der Waals surface area contributed by atoms with Crippen molar-refractivity contribution in [2.24, 2.45) is 11.8 Å². The summed E-state index contributed by atoms with van der Waals surface area (Å²) in [4.78, 5) is 17.2. The van der Waals surface area contributed by atoms with Crippen LogP contribution in [0.2, 0.25) is 0 Å². The van der Waals surface area contributed by atoms with E-state index in [-0.39, 0.29) is 17.5 Å². The zero-order chi connectivity index (χ0) is 14.4. The number of phenols is 1. The zero-order valence-corrected chi connectivity index (χ0v) is 12.3. The number of fused-ring (bicyclic) bond motifs is 1. The number of hydrogen-bond acceptors (Lipinski definition) is 4. The molecule has 0 amide bonds. The Bertz CT molecular complexity index is 716. The van der Waals surface area contributed by atoms with Crippen molar-refractivity contribution in [2.45, 2.75) is 19.3 Å². The van der Waals surface area contributed by atoms with Crippen LogP contribution in [0.5, 0.6) is 5.75 Å². The average molecular weight is 297 g/mol. The normalized spacial score (nSPS) is 24.7. The van der Waals surface area contributed by atoms with E-state index in [4.69, 9.17) is 0 Å². The summed E-state index contributed by atoms with van der Waals surface area (Å²) in [5, 5.41) is 11.4. The van der Waals surface area contributed by atoms with Gasteiger partial charge in [-0.05, 0) is 42.0 Å². The lowest BCUT2D eigenvalue weighted by molar-refractivity contribution is -0.117. The van der Waals surface area contributed by atoms with E-state index in [9.17, 15) is 9.90 Å². The summed E-state index contributed by atoms with van der Waals surface area (Å²) in [6.07, 6.45) is 3.17. The third kappa shape index (κ3) is 1.94. The van der Waals surface area contributed by atoms with Crippen LogP contribution in [0.4, 0.5) is 0 Å². The number of thiazole rings is 1. The van der Waals surface area contributed by atoms with E-state index in [1.165, 1.54) is 11.3 Å². The Labute approximate surface area is 127 Å². The summed E-state index contributed by atoms with van der Waals surface area (Å²) >= 11 is 1.52. The molecule has 1 saturated carbocycles. The van der Waals surface area contributed by atoms with Crippen molar-refractivity contribution in [1.29, 1.82) is 0 Å². The first-order valence-corrected chi connectivity index (χ1v) is 8.16. The molecule has 0 saturated heterocycles. The first kappa shape index (κ1) is 12.8. The summed E-state index contributed by atoms with van der Waals surface area (Å²) < 4.78 is 0. The molecule has 0 spiro atoms. The van der Waals surface area contributed by atoms with Crippen LogP contribution in [0.25, 0.3) is 11.1 Å². The number of aromatic nitrogens is 1. The molecule has 4 heteroatoms. The predicted molar refractivity (Wildman–Crippen MR) is 82.9 cm³/mol. The van der Waals surface area contributed by atoms with E-state index < -0.39 is 0 Å². The van der Waals surface area contributed by atoms with Crippen molar-refractivity contribution in [1.82, 2.24) is 4.98 Å². The predicted octanol–water partition coefficient (Wildman–Crippen LogP) is 3.76. The molecule has 106 valence electrons. The molecule has 4 rings (SSSR count). The lowest BCUT2D eigenvalue weighted by Gasteiger charge is -2.13. The Morgan fingerprint density at radius 3 is 2.62 bits per heavy atom. The van der Waals surface area contributed by atoms with Crippen LogP contribution in [-0.4, -0.2) is 15.9 Å². The second-order valence-corrected chi connectivity index (χ2v) is 6.44. The monoisotopic (exact) mass is 297 g/mol. The minimum atomic E-state index is 0.130. The quantitative estimate of drug-likeness (QED) is 0.918. The van der Waals surface area contributed by atoms with E-state index in [0.29, 0.717) is 5.92 Å². The van der Waals surface area contributed by atoms with E-state index in [2.05, 4.69) is 4.98 Å². The van der Waals surface area contributed by atoms with Crippen molar-refractivity contribution >= 4 is 28.3 Å². The second kappa shape index (κ2) is 4.81. The maximum Gasteiger partial charge on any atom is 0.169 e. The Balaban J connectivity index is 1.92.